The summed E-state index contributed by atoms with van der Waals surface area (Å²) in [5.74, 6) is 7.58. The van der Waals surface area contributed by atoms with Crippen molar-refractivity contribution >= 4 is 5.82 Å². The third-order valence-electron chi connectivity index (χ3n) is 2.99. The van der Waals surface area contributed by atoms with Crippen molar-refractivity contribution in [3.63, 3.8) is 0 Å². The van der Waals surface area contributed by atoms with Gasteiger partial charge in [0.2, 0.25) is 0 Å². The first kappa shape index (κ1) is 14.3. The number of benzene rings is 1. The van der Waals surface area contributed by atoms with Gasteiger partial charge >= 0.3 is 0 Å². The zero-order chi connectivity index (χ0) is 14.7. The van der Waals surface area contributed by atoms with Gasteiger partial charge in [0.1, 0.15) is 11.6 Å². The standard InChI is InChI=1S/C15H20N4O/c1-9(2)20-13-7-5-6-12(8-13)15-17-11(4)10(3)14(18-15)19-16/h5-9H,16H2,1-4H3,(H,17,18,19). The van der Waals surface area contributed by atoms with Crippen molar-refractivity contribution in [2.24, 2.45) is 5.84 Å². The lowest BCUT2D eigenvalue weighted by molar-refractivity contribution is 0.242. The molecule has 0 saturated carbocycles. The van der Waals surface area contributed by atoms with E-state index >= 15 is 0 Å². The number of nitrogens with one attached hydrogen (secondary N) is 1. The Morgan fingerprint density at radius 3 is 2.60 bits per heavy atom. The molecule has 0 aliphatic carbocycles. The molecule has 2 rings (SSSR count). The predicted molar refractivity (Wildman–Crippen MR) is 80.5 cm³/mol. The number of rotatable bonds is 4. The van der Waals surface area contributed by atoms with E-state index in [9.17, 15) is 0 Å². The van der Waals surface area contributed by atoms with Crippen molar-refractivity contribution in [1.29, 1.82) is 0 Å². The summed E-state index contributed by atoms with van der Waals surface area (Å²) in [6, 6.07) is 7.75. The van der Waals surface area contributed by atoms with Gasteiger partial charge in [0.05, 0.1) is 6.10 Å². The Hall–Kier alpha value is -2.14. The maximum atomic E-state index is 5.69. The third-order valence-corrected chi connectivity index (χ3v) is 2.99. The number of nitrogens with zero attached hydrogens (tertiary/aromatic N) is 2. The fourth-order valence-corrected chi connectivity index (χ4v) is 1.88. The Kier molecular flexibility index (Phi) is 4.20. The molecule has 2 aromatic rings. The molecule has 0 aliphatic heterocycles. The molecule has 0 fully saturated rings. The molecule has 0 aliphatic rings. The molecule has 1 aromatic heterocycles. The normalized spacial score (nSPS) is 10.7. The van der Waals surface area contributed by atoms with Crippen molar-refractivity contribution in [3.05, 3.63) is 35.5 Å². The zero-order valence-electron chi connectivity index (χ0n) is 12.3. The second-order valence-corrected chi connectivity index (χ2v) is 4.95. The number of aryl methyl sites for hydroxylation is 1. The molecule has 0 spiro atoms. The summed E-state index contributed by atoms with van der Waals surface area (Å²) >= 11 is 0. The molecular weight excluding hydrogens is 252 g/mol. The van der Waals surface area contributed by atoms with Gasteiger partial charge in [-0.2, -0.15) is 0 Å². The van der Waals surface area contributed by atoms with Gasteiger partial charge in [-0.25, -0.2) is 15.8 Å². The molecule has 0 amide bonds. The Morgan fingerprint density at radius 2 is 1.95 bits per heavy atom. The van der Waals surface area contributed by atoms with Gasteiger partial charge in [-0.3, -0.25) is 0 Å². The van der Waals surface area contributed by atoms with Gasteiger partial charge in [0.15, 0.2) is 5.82 Å². The van der Waals surface area contributed by atoms with E-state index in [-0.39, 0.29) is 6.10 Å². The first-order valence-electron chi connectivity index (χ1n) is 6.60. The first-order valence-corrected chi connectivity index (χ1v) is 6.60. The second kappa shape index (κ2) is 5.88. The van der Waals surface area contributed by atoms with Crippen molar-refractivity contribution in [3.8, 4) is 17.1 Å². The van der Waals surface area contributed by atoms with Crippen molar-refractivity contribution in [2.75, 3.05) is 5.43 Å². The van der Waals surface area contributed by atoms with Gasteiger partial charge in [-0.1, -0.05) is 12.1 Å². The van der Waals surface area contributed by atoms with E-state index in [4.69, 9.17) is 10.6 Å². The number of aromatic nitrogens is 2. The van der Waals surface area contributed by atoms with Crippen molar-refractivity contribution < 1.29 is 4.74 Å². The van der Waals surface area contributed by atoms with E-state index in [0.29, 0.717) is 11.6 Å². The van der Waals surface area contributed by atoms with Gasteiger partial charge < -0.3 is 10.2 Å². The van der Waals surface area contributed by atoms with Crippen LogP contribution < -0.4 is 16.0 Å². The highest BCUT2D eigenvalue weighted by molar-refractivity contribution is 5.61. The molecule has 0 unspecified atom stereocenters. The number of anilines is 1. The minimum absolute atomic E-state index is 0.132. The van der Waals surface area contributed by atoms with Crippen LogP contribution in [0.2, 0.25) is 0 Å². The minimum Gasteiger partial charge on any atom is -0.491 e. The van der Waals surface area contributed by atoms with Crippen LogP contribution in [-0.4, -0.2) is 16.1 Å². The Balaban J connectivity index is 2.43. The summed E-state index contributed by atoms with van der Waals surface area (Å²) in [4.78, 5) is 8.95. The molecule has 106 valence electrons. The van der Waals surface area contributed by atoms with E-state index in [2.05, 4.69) is 15.4 Å². The molecule has 0 atom stereocenters. The number of hydrazine groups is 1. The highest BCUT2D eigenvalue weighted by atomic mass is 16.5. The number of nitrogen functional groups attached to an aromatic ring is 1. The molecule has 20 heavy (non-hydrogen) atoms. The molecule has 1 heterocycles. The van der Waals surface area contributed by atoms with Crippen LogP contribution in [0.1, 0.15) is 25.1 Å². The van der Waals surface area contributed by atoms with E-state index in [1.165, 1.54) is 0 Å². The van der Waals surface area contributed by atoms with Gasteiger partial charge in [0.25, 0.3) is 0 Å². The quantitative estimate of drug-likeness (QED) is 0.661. The summed E-state index contributed by atoms with van der Waals surface area (Å²) < 4.78 is 5.69. The van der Waals surface area contributed by atoms with E-state index in [0.717, 1.165) is 22.6 Å². The fraction of sp³-hybridized carbons (Fsp3) is 0.333. The van der Waals surface area contributed by atoms with Crippen LogP contribution in [0.3, 0.4) is 0 Å². The summed E-state index contributed by atoms with van der Waals surface area (Å²) in [7, 11) is 0. The largest absolute Gasteiger partial charge is 0.491 e. The Bertz CT molecular complexity index is 611. The fourth-order valence-electron chi connectivity index (χ4n) is 1.88. The van der Waals surface area contributed by atoms with E-state index in [1.54, 1.807) is 0 Å². The highest BCUT2D eigenvalue weighted by Crippen LogP contribution is 2.24. The predicted octanol–water partition coefficient (Wildman–Crippen LogP) is 2.83. The average molecular weight is 272 g/mol. The van der Waals surface area contributed by atoms with Gasteiger partial charge in [0, 0.05) is 16.8 Å². The molecule has 1 aromatic carbocycles. The first-order chi connectivity index (χ1) is 9.51. The van der Waals surface area contributed by atoms with Crippen LogP contribution in [0.5, 0.6) is 5.75 Å². The molecule has 0 bridgehead atoms. The molecule has 3 N–H and O–H groups in total. The smallest absolute Gasteiger partial charge is 0.161 e. The SMILES string of the molecule is Cc1nc(-c2cccc(OC(C)C)c2)nc(NN)c1C. The maximum absolute atomic E-state index is 5.69. The highest BCUT2D eigenvalue weighted by Gasteiger charge is 2.10. The molecule has 0 saturated heterocycles. The summed E-state index contributed by atoms with van der Waals surface area (Å²) in [6.45, 7) is 7.87. The Morgan fingerprint density at radius 1 is 1.20 bits per heavy atom. The topological polar surface area (TPSA) is 73.1 Å². The summed E-state index contributed by atoms with van der Waals surface area (Å²) in [5, 5.41) is 0. The monoisotopic (exact) mass is 272 g/mol. The zero-order valence-corrected chi connectivity index (χ0v) is 12.3. The molecule has 5 heteroatoms. The number of ether oxygens (including phenoxy) is 1. The lowest BCUT2D eigenvalue weighted by atomic mass is 10.1. The van der Waals surface area contributed by atoms with E-state index in [1.807, 2.05) is 52.0 Å². The average Bonchev–Trinajstić information content (AvgIpc) is 2.41. The maximum Gasteiger partial charge on any atom is 0.161 e. The Labute approximate surface area is 119 Å². The van der Waals surface area contributed by atoms with Crippen LogP contribution in [0.25, 0.3) is 11.4 Å². The van der Waals surface area contributed by atoms with Crippen LogP contribution >= 0.6 is 0 Å². The number of hydrogen-bond donors (Lipinski definition) is 2. The molecule has 5 nitrogen and oxygen atoms in total. The summed E-state index contributed by atoms with van der Waals surface area (Å²) in [5.41, 5.74) is 5.37. The van der Waals surface area contributed by atoms with Gasteiger partial charge in [-0.15, -0.1) is 0 Å². The van der Waals surface area contributed by atoms with Crippen molar-refractivity contribution in [1.82, 2.24) is 9.97 Å². The van der Waals surface area contributed by atoms with Crippen LogP contribution in [0.15, 0.2) is 24.3 Å². The lowest BCUT2D eigenvalue weighted by Gasteiger charge is -2.12. The third kappa shape index (κ3) is 3.05. The van der Waals surface area contributed by atoms with Crippen LogP contribution in [0.4, 0.5) is 5.82 Å². The second-order valence-electron chi connectivity index (χ2n) is 4.95. The van der Waals surface area contributed by atoms with Crippen LogP contribution in [-0.2, 0) is 0 Å². The van der Waals surface area contributed by atoms with Crippen molar-refractivity contribution in [2.45, 2.75) is 33.8 Å². The number of nitrogens with two attached hydrogens (primary N) is 1. The van der Waals surface area contributed by atoms with E-state index < -0.39 is 0 Å². The number of hydrogen-bond acceptors (Lipinski definition) is 5. The molecular formula is C15H20N4O. The van der Waals surface area contributed by atoms with Crippen LogP contribution in [0, 0.1) is 13.8 Å². The summed E-state index contributed by atoms with van der Waals surface area (Å²) in [6.07, 6.45) is 0.132. The molecule has 0 radical (unpaired) electrons. The minimum atomic E-state index is 0.132. The lowest BCUT2D eigenvalue weighted by Crippen LogP contribution is -2.12. The van der Waals surface area contributed by atoms with Gasteiger partial charge in [-0.05, 0) is 39.8 Å².